The van der Waals surface area contributed by atoms with Crippen molar-refractivity contribution in [3.8, 4) is 10.6 Å². The molecule has 4 aromatic rings. The average molecular weight is 521 g/mol. The van der Waals surface area contributed by atoms with E-state index in [-0.39, 0.29) is 22.8 Å². The van der Waals surface area contributed by atoms with Gasteiger partial charge in [-0.2, -0.15) is 18.3 Å². The fourth-order valence-electron chi connectivity index (χ4n) is 4.29. The molecule has 1 fully saturated rings. The fraction of sp³-hybridized carbons (Fsp3) is 0.261. The number of hydrogen-bond acceptors (Lipinski definition) is 6. The maximum atomic E-state index is 13.5. The first-order valence-corrected chi connectivity index (χ1v) is 13.4. The van der Waals surface area contributed by atoms with Gasteiger partial charge in [-0.05, 0) is 43.0 Å². The summed E-state index contributed by atoms with van der Waals surface area (Å²) in [5, 5.41) is 9.11. The Balaban J connectivity index is 1.66. The zero-order chi connectivity index (χ0) is 25.0. The van der Waals surface area contributed by atoms with Crippen molar-refractivity contribution >= 4 is 43.8 Å². The summed E-state index contributed by atoms with van der Waals surface area (Å²) in [6, 6.07) is 9.48. The van der Waals surface area contributed by atoms with Crippen molar-refractivity contribution in [1.82, 2.24) is 14.8 Å². The Morgan fingerprint density at radius 1 is 1.20 bits per heavy atom. The van der Waals surface area contributed by atoms with Crippen molar-refractivity contribution in [2.24, 2.45) is 0 Å². The van der Waals surface area contributed by atoms with Gasteiger partial charge in [-0.25, -0.2) is 18.1 Å². The van der Waals surface area contributed by atoms with Crippen LogP contribution in [0.2, 0.25) is 0 Å². The third kappa shape index (κ3) is 4.43. The maximum Gasteiger partial charge on any atom is 0.418 e. The summed E-state index contributed by atoms with van der Waals surface area (Å²) in [5.41, 5.74) is -0.00226. The number of para-hydroxylation sites is 1. The predicted molar refractivity (Wildman–Crippen MR) is 127 cm³/mol. The number of rotatable bonds is 4. The monoisotopic (exact) mass is 520 g/mol. The second kappa shape index (κ2) is 8.45. The SMILES string of the molecule is Cc1nn(C2CCS(=O)(=O)C2)c2nc(-c3cccs3)cc(C(=O)Nc3ccccc3C(F)(F)F)c12. The van der Waals surface area contributed by atoms with Crippen molar-refractivity contribution < 1.29 is 26.4 Å². The minimum atomic E-state index is -4.64. The van der Waals surface area contributed by atoms with Crippen LogP contribution in [-0.2, 0) is 16.0 Å². The summed E-state index contributed by atoms with van der Waals surface area (Å²) in [5.74, 6) is -0.799. The molecule has 182 valence electrons. The number of nitrogens with zero attached hydrogens (tertiary/aromatic N) is 3. The average Bonchev–Trinajstić information content (AvgIpc) is 3.52. The molecule has 1 saturated heterocycles. The Morgan fingerprint density at radius 3 is 2.63 bits per heavy atom. The van der Waals surface area contributed by atoms with Gasteiger partial charge in [0.2, 0.25) is 0 Å². The second-order valence-corrected chi connectivity index (χ2v) is 11.5. The summed E-state index contributed by atoms with van der Waals surface area (Å²) >= 11 is 1.39. The molecule has 0 saturated carbocycles. The molecule has 1 unspecified atom stereocenters. The minimum absolute atomic E-state index is 0.0320. The zero-order valence-electron chi connectivity index (χ0n) is 18.3. The van der Waals surface area contributed by atoms with E-state index in [2.05, 4.69) is 10.4 Å². The molecule has 1 aliphatic heterocycles. The molecule has 0 radical (unpaired) electrons. The maximum absolute atomic E-state index is 13.5. The fourth-order valence-corrected chi connectivity index (χ4v) is 6.67. The van der Waals surface area contributed by atoms with Crippen LogP contribution < -0.4 is 5.32 Å². The molecule has 1 aliphatic rings. The number of aromatic nitrogens is 3. The van der Waals surface area contributed by atoms with E-state index in [1.807, 2.05) is 17.5 Å². The highest BCUT2D eigenvalue weighted by atomic mass is 32.2. The van der Waals surface area contributed by atoms with Gasteiger partial charge in [0.05, 0.1) is 56.0 Å². The van der Waals surface area contributed by atoms with Gasteiger partial charge >= 0.3 is 6.18 Å². The van der Waals surface area contributed by atoms with Gasteiger partial charge in [0.25, 0.3) is 5.91 Å². The number of pyridine rings is 1. The van der Waals surface area contributed by atoms with E-state index in [1.54, 1.807) is 6.92 Å². The molecule has 1 amide bonds. The Bertz CT molecular complexity index is 1540. The molecule has 0 bridgehead atoms. The van der Waals surface area contributed by atoms with Crippen molar-refractivity contribution in [2.75, 3.05) is 16.8 Å². The number of fused-ring (bicyclic) bond motifs is 1. The molecule has 1 N–H and O–H groups in total. The van der Waals surface area contributed by atoms with Crippen molar-refractivity contribution in [3.63, 3.8) is 0 Å². The summed E-state index contributed by atoms with van der Waals surface area (Å²) in [6.07, 6.45) is -4.28. The Labute approximate surface area is 202 Å². The number of nitrogens with one attached hydrogen (secondary N) is 1. The first kappa shape index (κ1) is 23.5. The van der Waals surface area contributed by atoms with Crippen LogP contribution in [0.3, 0.4) is 0 Å². The molecule has 4 heterocycles. The normalized spacial score (nSPS) is 17.7. The van der Waals surface area contributed by atoms with Gasteiger partial charge in [-0.15, -0.1) is 11.3 Å². The number of alkyl halides is 3. The van der Waals surface area contributed by atoms with Gasteiger partial charge in [-0.1, -0.05) is 18.2 Å². The third-order valence-electron chi connectivity index (χ3n) is 5.89. The lowest BCUT2D eigenvalue weighted by Crippen LogP contribution is -2.17. The second-order valence-electron chi connectivity index (χ2n) is 8.32. The van der Waals surface area contributed by atoms with E-state index >= 15 is 0 Å². The van der Waals surface area contributed by atoms with E-state index in [4.69, 9.17) is 4.98 Å². The van der Waals surface area contributed by atoms with E-state index in [9.17, 15) is 26.4 Å². The van der Waals surface area contributed by atoms with Crippen LogP contribution in [0.15, 0.2) is 47.8 Å². The number of aryl methyl sites for hydroxylation is 1. The molecular weight excluding hydrogens is 501 g/mol. The number of hydrogen-bond donors (Lipinski definition) is 1. The molecule has 5 rings (SSSR count). The Hall–Kier alpha value is -3.25. The quantitative estimate of drug-likeness (QED) is 0.404. The number of anilines is 1. The highest BCUT2D eigenvalue weighted by molar-refractivity contribution is 7.91. The molecule has 1 atom stereocenters. The molecular formula is C23H19F3N4O3S2. The molecule has 1 aromatic carbocycles. The van der Waals surface area contributed by atoms with Gasteiger partial charge < -0.3 is 5.32 Å². The lowest BCUT2D eigenvalue weighted by Gasteiger charge is -2.15. The van der Waals surface area contributed by atoms with Gasteiger partial charge in [0.1, 0.15) is 0 Å². The van der Waals surface area contributed by atoms with Crippen molar-refractivity contribution in [2.45, 2.75) is 25.6 Å². The van der Waals surface area contributed by atoms with Crippen LogP contribution in [0.5, 0.6) is 0 Å². The number of halogens is 3. The van der Waals surface area contributed by atoms with Gasteiger partial charge in [0, 0.05) is 0 Å². The minimum Gasteiger partial charge on any atom is -0.321 e. The number of sulfone groups is 1. The molecule has 3 aromatic heterocycles. The smallest absolute Gasteiger partial charge is 0.321 e. The zero-order valence-corrected chi connectivity index (χ0v) is 20.0. The number of benzene rings is 1. The van der Waals surface area contributed by atoms with Crippen LogP contribution in [0.1, 0.15) is 34.1 Å². The van der Waals surface area contributed by atoms with Gasteiger partial charge in [-0.3, -0.25) is 4.79 Å². The lowest BCUT2D eigenvalue weighted by atomic mass is 10.1. The van der Waals surface area contributed by atoms with Crippen molar-refractivity contribution in [1.29, 1.82) is 0 Å². The first-order valence-electron chi connectivity index (χ1n) is 10.7. The molecule has 7 nitrogen and oxygen atoms in total. The summed E-state index contributed by atoms with van der Waals surface area (Å²) in [7, 11) is -3.21. The number of amides is 1. The Kier molecular flexibility index (Phi) is 5.67. The number of carbonyl (C=O) groups is 1. The Morgan fingerprint density at radius 2 is 1.97 bits per heavy atom. The van der Waals surface area contributed by atoms with Crippen LogP contribution in [0.4, 0.5) is 18.9 Å². The third-order valence-corrected chi connectivity index (χ3v) is 8.53. The topological polar surface area (TPSA) is 93.9 Å². The van der Waals surface area contributed by atoms with E-state index < -0.39 is 33.5 Å². The van der Waals surface area contributed by atoms with E-state index in [0.717, 1.165) is 10.9 Å². The molecule has 12 heteroatoms. The highest BCUT2D eigenvalue weighted by Gasteiger charge is 2.35. The van der Waals surface area contributed by atoms with E-state index in [0.29, 0.717) is 28.8 Å². The summed E-state index contributed by atoms with van der Waals surface area (Å²) in [6.45, 7) is 1.66. The standard InChI is InChI=1S/C23H19F3N4O3S2/c1-13-20-15(22(31)28-17-6-3-2-5-16(17)23(24,25)26)11-18(19-7-4-9-34-19)27-21(20)30(29-13)14-8-10-35(32,33)12-14/h2-7,9,11,14H,8,10,12H2,1H3,(H,28,31). The van der Waals surface area contributed by atoms with Crippen LogP contribution in [-0.4, -0.2) is 40.6 Å². The van der Waals surface area contributed by atoms with Crippen LogP contribution in [0, 0.1) is 6.92 Å². The highest BCUT2D eigenvalue weighted by Crippen LogP contribution is 2.36. The molecule has 35 heavy (non-hydrogen) atoms. The largest absolute Gasteiger partial charge is 0.418 e. The summed E-state index contributed by atoms with van der Waals surface area (Å²) < 4.78 is 66.2. The van der Waals surface area contributed by atoms with Crippen LogP contribution >= 0.6 is 11.3 Å². The van der Waals surface area contributed by atoms with Crippen molar-refractivity contribution in [3.05, 3.63) is 64.7 Å². The predicted octanol–water partition coefficient (Wildman–Crippen LogP) is 5.10. The first-order chi connectivity index (χ1) is 16.5. The molecule has 0 spiro atoms. The molecule has 0 aliphatic carbocycles. The number of thiophene rings is 1. The number of carbonyl (C=O) groups excluding carboxylic acids is 1. The van der Waals surface area contributed by atoms with Crippen LogP contribution in [0.25, 0.3) is 21.6 Å². The lowest BCUT2D eigenvalue weighted by molar-refractivity contribution is -0.136. The van der Waals surface area contributed by atoms with Gasteiger partial charge in [0.15, 0.2) is 15.5 Å². The summed E-state index contributed by atoms with van der Waals surface area (Å²) in [4.78, 5) is 18.8. The van der Waals surface area contributed by atoms with E-state index in [1.165, 1.54) is 40.3 Å².